The van der Waals surface area contributed by atoms with Crippen LogP contribution in [0.25, 0.3) is 0 Å². The molecular formula is C19H33N5O3. The predicted molar refractivity (Wildman–Crippen MR) is 106 cm³/mol. The number of nitrogens with zero attached hydrogens (tertiary/aromatic N) is 2. The van der Waals surface area contributed by atoms with E-state index in [1.54, 1.807) is 19.2 Å². The summed E-state index contributed by atoms with van der Waals surface area (Å²) < 4.78 is 10.9. The summed E-state index contributed by atoms with van der Waals surface area (Å²) in [7, 11) is 1.74. The summed E-state index contributed by atoms with van der Waals surface area (Å²) in [5, 5.41) is 6.66. The fraction of sp³-hybridized carbons (Fsp3) is 0.684. The van der Waals surface area contributed by atoms with Gasteiger partial charge in [-0.3, -0.25) is 14.7 Å². The Morgan fingerprint density at radius 2 is 1.96 bits per heavy atom. The SMILES string of the molecule is CCC(CC)C(CNC(=NC)NCc1ccc(C(N)=O)o1)N1CCOCC1. The molecule has 1 amide bonds. The highest BCUT2D eigenvalue weighted by atomic mass is 16.5. The van der Waals surface area contributed by atoms with E-state index in [0.29, 0.717) is 30.2 Å². The van der Waals surface area contributed by atoms with Gasteiger partial charge in [-0.1, -0.05) is 26.7 Å². The number of guanidine groups is 1. The van der Waals surface area contributed by atoms with Crippen molar-refractivity contribution in [1.29, 1.82) is 0 Å². The van der Waals surface area contributed by atoms with E-state index in [-0.39, 0.29) is 5.76 Å². The van der Waals surface area contributed by atoms with Gasteiger partial charge in [0.2, 0.25) is 0 Å². The van der Waals surface area contributed by atoms with Gasteiger partial charge in [0, 0.05) is 32.7 Å². The van der Waals surface area contributed by atoms with Crippen molar-refractivity contribution in [3.63, 3.8) is 0 Å². The van der Waals surface area contributed by atoms with Crippen molar-refractivity contribution in [3.8, 4) is 0 Å². The fourth-order valence-corrected chi connectivity index (χ4v) is 3.53. The van der Waals surface area contributed by atoms with E-state index in [1.807, 2.05) is 0 Å². The molecule has 152 valence electrons. The topological polar surface area (TPSA) is 105 Å². The van der Waals surface area contributed by atoms with E-state index in [9.17, 15) is 4.79 Å². The average Bonchev–Trinajstić information content (AvgIpc) is 3.17. The highest BCUT2D eigenvalue weighted by Gasteiger charge is 2.27. The molecule has 8 heteroatoms. The Balaban J connectivity index is 1.91. The molecular weight excluding hydrogens is 346 g/mol. The third kappa shape index (κ3) is 6.25. The molecule has 0 saturated carbocycles. The summed E-state index contributed by atoms with van der Waals surface area (Å²) in [6.07, 6.45) is 2.29. The fourth-order valence-electron chi connectivity index (χ4n) is 3.53. The lowest BCUT2D eigenvalue weighted by Crippen LogP contribution is -2.53. The number of morpholine rings is 1. The molecule has 2 rings (SSSR count). The van der Waals surface area contributed by atoms with Crippen molar-refractivity contribution in [3.05, 3.63) is 23.7 Å². The Morgan fingerprint density at radius 1 is 1.26 bits per heavy atom. The highest BCUT2D eigenvalue weighted by Crippen LogP contribution is 2.19. The van der Waals surface area contributed by atoms with Crippen LogP contribution in [0, 0.1) is 5.92 Å². The smallest absolute Gasteiger partial charge is 0.284 e. The van der Waals surface area contributed by atoms with Crippen molar-refractivity contribution in [2.24, 2.45) is 16.6 Å². The summed E-state index contributed by atoms with van der Waals surface area (Å²) >= 11 is 0. The first kappa shape index (κ1) is 21.2. The van der Waals surface area contributed by atoms with Gasteiger partial charge in [0.1, 0.15) is 5.76 Å². The van der Waals surface area contributed by atoms with Gasteiger partial charge in [-0.15, -0.1) is 0 Å². The summed E-state index contributed by atoms with van der Waals surface area (Å²) in [5.41, 5.74) is 5.21. The first-order chi connectivity index (χ1) is 13.1. The predicted octanol–water partition coefficient (Wildman–Crippen LogP) is 1.18. The van der Waals surface area contributed by atoms with Gasteiger partial charge < -0.3 is 25.5 Å². The molecule has 1 saturated heterocycles. The maximum atomic E-state index is 11.1. The monoisotopic (exact) mass is 379 g/mol. The van der Waals surface area contributed by atoms with Gasteiger partial charge in [0.25, 0.3) is 5.91 Å². The van der Waals surface area contributed by atoms with Crippen LogP contribution in [0.3, 0.4) is 0 Å². The zero-order chi connectivity index (χ0) is 19.6. The number of carbonyl (C=O) groups is 1. The van der Waals surface area contributed by atoms with Gasteiger partial charge in [-0.05, 0) is 18.1 Å². The number of carbonyl (C=O) groups excluding carboxylic acids is 1. The van der Waals surface area contributed by atoms with E-state index in [1.165, 1.54) is 0 Å². The Hall–Kier alpha value is -2.06. The number of primary amides is 1. The van der Waals surface area contributed by atoms with E-state index in [2.05, 4.69) is 34.4 Å². The van der Waals surface area contributed by atoms with Gasteiger partial charge in [0.05, 0.1) is 19.8 Å². The Labute approximate surface area is 161 Å². The second-order valence-corrected chi connectivity index (χ2v) is 6.73. The molecule has 27 heavy (non-hydrogen) atoms. The third-order valence-corrected chi connectivity index (χ3v) is 5.14. The van der Waals surface area contributed by atoms with Crippen LogP contribution in [-0.2, 0) is 11.3 Å². The van der Waals surface area contributed by atoms with E-state index in [4.69, 9.17) is 14.9 Å². The average molecular weight is 380 g/mol. The first-order valence-corrected chi connectivity index (χ1v) is 9.73. The van der Waals surface area contributed by atoms with E-state index >= 15 is 0 Å². The van der Waals surface area contributed by atoms with Crippen molar-refractivity contribution in [1.82, 2.24) is 15.5 Å². The lowest BCUT2D eigenvalue weighted by Gasteiger charge is -2.39. The Kier molecular flexibility index (Phi) is 8.60. The molecule has 1 aromatic heterocycles. The van der Waals surface area contributed by atoms with Crippen LogP contribution in [-0.4, -0.2) is 62.7 Å². The van der Waals surface area contributed by atoms with Gasteiger partial charge >= 0.3 is 0 Å². The van der Waals surface area contributed by atoms with Gasteiger partial charge in [-0.2, -0.15) is 0 Å². The van der Waals surface area contributed by atoms with Crippen molar-refractivity contribution >= 4 is 11.9 Å². The molecule has 1 fully saturated rings. The molecule has 0 aromatic carbocycles. The van der Waals surface area contributed by atoms with Gasteiger partial charge in [0.15, 0.2) is 11.7 Å². The number of nitrogens with two attached hydrogens (primary N) is 1. The number of ether oxygens (including phenoxy) is 1. The largest absolute Gasteiger partial charge is 0.454 e. The first-order valence-electron chi connectivity index (χ1n) is 9.73. The minimum absolute atomic E-state index is 0.163. The molecule has 2 heterocycles. The van der Waals surface area contributed by atoms with E-state index in [0.717, 1.165) is 45.7 Å². The molecule has 4 N–H and O–H groups in total. The number of amides is 1. The lowest BCUT2D eigenvalue weighted by atomic mass is 9.92. The molecule has 1 unspecified atom stereocenters. The van der Waals surface area contributed by atoms with Gasteiger partial charge in [-0.25, -0.2) is 0 Å². The molecule has 0 radical (unpaired) electrons. The van der Waals surface area contributed by atoms with Crippen LogP contribution in [0.1, 0.15) is 43.0 Å². The zero-order valence-corrected chi connectivity index (χ0v) is 16.7. The molecule has 1 aliphatic rings. The highest BCUT2D eigenvalue weighted by molar-refractivity contribution is 5.89. The van der Waals surface area contributed by atoms with Crippen LogP contribution >= 0.6 is 0 Å². The Morgan fingerprint density at radius 3 is 2.52 bits per heavy atom. The van der Waals surface area contributed by atoms with Crippen LogP contribution in [0.15, 0.2) is 21.5 Å². The second-order valence-electron chi connectivity index (χ2n) is 6.73. The molecule has 1 aliphatic heterocycles. The molecule has 1 atom stereocenters. The minimum atomic E-state index is -0.567. The second kappa shape index (κ2) is 10.9. The number of hydrogen-bond donors (Lipinski definition) is 3. The number of furan rings is 1. The normalized spacial score (nSPS) is 17.1. The summed E-state index contributed by atoms with van der Waals surface area (Å²) in [4.78, 5) is 17.9. The summed E-state index contributed by atoms with van der Waals surface area (Å²) in [6, 6.07) is 3.76. The van der Waals surface area contributed by atoms with E-state index < -0.39 is 5.91 Å². The maximum Gasteiger partial charge on any atom is 0.284 e. The number of nitrogens with one attached hydrogen (secondary N) is 2. The molecule has 8 nitrogen and oxygen atoms in total. The molecule has 1 aromatic rings. The summed E-state index contributed by atoms with van der Waals surface area (Å²) in [6.45, 7) is 9.28. The van der Waals surface area contributed by atoms with Crippen LogP contribution < -0.4 is 16.4 Å². The number of rotatable bonds is 9. The quantitative estimate of drug-likeness (QED) is 0.440. The lowest BCUT2D eigenvalue weighted by molar-refractivity contribution is 0.00272. The Bertz CT molecular complexity index is 606. The van der Waals surface area contributed by atoms with Crippen molar-refractivity contribution < 1.29 is 13.9 Å². The van der Waals surface area contributed by atoms with Crippen LogP contribution in [0.4, 0.5) is 0 Å². The number of aliphatic imine (C=N–C) groups is 1. The van der Waals surface area contributed by atoms with Crippen molar-refractivity contribution in [2.75, 3.05) is 39.9 Å². The van der Waals surface area contributed by atoms with Crippen LogP contribution in [0.5, 0.6) is 0 Å². The van der Waals surface area contributed by atoms with Crippen molar-refractivity contribution in [2.45, 2.75) is 39.3 Å². The molecule has 0 aliphatic carbocycles. The maximum absolute atomic E-state index is 11.1. The molecule has 0 bridgehead atoms. The van der Waals surface area contributed by atoms with Crippen LogP contribution in [0.2, 0.25) is 0 Å². The molecule has 0 spiro atoms. The standard InChI is InChI=1S/C19H33N5O3/c1-4-14(5-2)16(24-8-10-26-11-9-24)13-23-19(21-3)22-12-15-6-7-17(27-15)18(20)25/h6-7,14,16H,4-5,8-13H2,1-3H3,(H2,20,25)(H2,21,22,23). The minimum Gasteiger partial charge on any atom is -0.454 e. The third-order valence-electron chi connectivity index (χ3n) is 5.14. The summed E-state index contributed by atoms with van der Waals surface area (Å²) in [5.74, 6) is 1.56. The number of hydrogen-bond acceptors (Lipinski definition) is 5. The zero-order valence-electron chi connectivity index (χ0n) is 16.7.